The standard InChI is InChI=1S/C12H11ClN2O2/c1-8(2-5-12(16)17)15-10-4-3-9(7-14)11(13)6-10/h3-4,6,15H,1-2,5H2,(H,16,17). The Labute approximate surface area is 104 Å². The molecule has 0 amide bonds. The second-order valence-corrected chi connectivity index (χ2v) is 3.84. The SMILES string of the molecule is C=C(CCC(=O)O)Nc1ccc(C#N)c(Cl)c1. The second kappa shape index (κ2) is 5.92. The molecule has 0 unspecified atom stereocenters. The van der Waals surface area contributed by atoms with Crippen molar-refractivity contribution < 1.29 is 9.90 Å². The zero-order valence-electron chi connectivity index (χ0n) is 9.03. The minimum absolute atomic E-state index is 0.0237. The van der Waals surface area contributed by atoms with Gasteiger partial charge in [-0.1, -0.05) is 18.2 Å². The van der Waals surface area contributed by atoms with Crippen LogP contribution in [0.1, 0.15) is 18.4 Å². The lowest BCUT2D eigenvalue weighted by atomic mass is 10.2. The van der Waals surface area contributed by atoms with Crippen molar-refractivity contribution in [3.63, 3.8) is 0 Å². The van der Waals surface area contributed by atoms with Crippen LogP contribution >= 0.6 is 11.6 Å². The van der Waals surface area contributed by atoms with E-state index in [1.54, 1.807) is 18.2 Å². The largest absolute Gasteiger partial charge is 0.481 e. The van der Waals surface area contributed by atoms with E-state index >= 15 is 0 Å². The number of anilines is 1. The summed E-state index contributed by atoms with van der Waals surface area (Å²) in [7, 11) is 0. The maximum Gasteiger partial charge on any atom is 0.303 e. The van der Waals surface area contributed by atoms with Crippen LogP contribution in [-0.4, -0.2) is 11.1 Å². The number of hydrogen-bond acceptors (Lipinski definition) is 3. The van der Waals surface area contributed by atoms with Gasteiger partial charge in [-0.05, 0) is 24.6 Å². The molecule has 1 aromatic rings. The molecule has 4 nitrogen and oxygen atoms in total. The van der Waals surface area contributed by atoms with Crippen molar-refractivity contribution in [2.75, 3.05) is 5.32 Å². The van der Waals surface area contributed by atoms with Gasteiger partial charge in [-0.15, -0.1) is 0 Å². The molecule has 5 heteroatoms. The predicted octanol–water partition coefficient (Wildman–Crippen LogP) is 3.00. The summed E-state index contributed by atoms with van der Waals surface area (Å²) in [6, 6.07) is 6.84. The van der Waals surface area contributed by atoms with Crippen molar-refractivity contribution in [2.45, 2.75) is 12.8 Å². The Bertz CT molecular complexity index is 492. The van der Waals surface area contributed by atoms with Crippen molar-refractivity contribution in [3.8, 4) is 6.07 Å². The summed E-state index contributed by atoms with van der Waals surface area (Å²) in [6.45, 7) is 3.71. The summed E-state index contributed by atoms with van der Waals surface area (Å²) in [5.74, 6) is -0.870. The Balaban J connectivity index is 2.64. The number of carbonyl (C=O) groups is 1. The molecule has 0 radical (unpaired) electrons. The quantitative estimate of drug-likeness (QED) is 0.843. The van der Waals surface area contributed by atoms with E-state index in [1.165, 1.54) is 0 Å². The lowest BCUT2D eigenvalue weighted by Crippen LogP contribution is -2.02. The van der Waals surface area contributed by atoms with Crippen LogP contribution in [-0.2, 0) is 4.79 Å². The monoisotopic (exact) mass is 250 g/mol. The minimum atomic E-state index is -0.870. The molecule has 0 saturated heterocycles. The third-order valence-electron chi connectivity index (χ3n) is 2.05. The number of allylic oxidation sites excluding steroid dienone is 1. The van der Waals surface area contributed by atoms with Gasteiger partial charge in [-0.3, -0.25) is 4.79 Å². The highest BCUT2D eigenvalue weighted by Gasteiger charge is 2.03. The molecule has 0 fully saturated rings. The number of aliphatic carboxylic acids is 1. The lowest BCUT2D eigenvalue weighted by molar-refractivity contribution is -0.136. The van der Waals surface area contributed by atoms with Crippen molar-refractivity contribution in [1.82, 2.24) is 0 Å². The fraction of sp³-hybridized carbons (Fsp3) is 0.167. The third kappa shape index (κ3) is 4.17. The summed E-state index contributed by atoms with van der Waals surface area (Å²) >= 11 is 5.85. The Morgan fingerprint density at radius 3 is 2.76 bits per heavy atom. The van der Waals surface area contributed by atoms with Crippen LogP contribution in [0.15, 0.2) is 30.5 Å². The predicted molar refractivity (Wildman–Crippen MR) is 65.8 cm³/mol. The molecule has 0 aliphatic carbocycles. The van der Waals surface area contributed by atoms with Gasteiger partial charge in [0, 0.05) is 11.4 Å². The van der Waals surface area contributed by atoms with E-state index in [4.69, 9.17) is 22.0 Å². The van der Waals surface area contributed by atoms with Gasteiger partial charge in [0.25, 0.3) is 0 Å². The number of hydrogen-bond donors (Lipinski definition) is 2. The van der Waals surface area contributed by atoms with Crippen LogP contribution in [0.4, 0.5) is 5.69 Å². The van der Waals surface area contributed by atoms with Crippen molar-refractivity contribution >= 4 is 23.3 Å². The maximum absolute atomic E-state index is 10.4. The first-order chi connectivity index (χ1) is 8.02. The van der Waals surface area contributed by atoms with Crippen molar-refractivity contribution in [2.24, 2.45) is 0 Å². The van der Waals surface area contributed by atoms with Crippen LogP contribution in [0.25, 0.3) is 0 Å². The number of nitriles is 1. The van der Waals surface area contributed by atoms with Crippen LogP contribution in [0.3, 0.4) is 0 Å². The van der Waals surface area contributed by atoms with E-state index in [0.717, 1.165) is 0 Å². The van der Waals surface area contributed by atoms with Crippen LogP contribution in [0, 0.1) is 11.3 Å². The molecule has 0 bridgehead atoms. The molecule has 17 heavy (non-hydrogen) atoms. The Kier molecular flexibility index (Phi) is 4.56. The summed E-state index contributed by atoms with van der Waals surface area (Å²) in [4.78, 5) is 10.4. The molecule has 88 valence electrons. The number of nitrogens with zero attached hydrogens (tertiary/aromatic N) is 1. The normalized spacial score (nSPS) is 9.41. The molecule has 0 aliphatic rings. The molecule has 1 aromatic carbocycles. The van der Waals surface area contributed by atoms with Gasteiger partial charge in [0.05, 0.1) is 17.0 Å². The number of carboxylic acids is 1. The number of benzene rings is 1. The third-order valence-corrected chi connectivity index (χ3v) is 2.36. The van der Waals surface area contributed by atoms with E-state index in [1.807, 2.05) is 6.07 Å². The number of rotatable bonds is 5. The average molecular weight is 251 g/mol. The van der Waals surface area contributed by atoms with Gasteiger partial charge in [0.2, 0.25) is 0 Å². The van der Waals surface area contributed by atoms with E-state index < -0.39 is 5.97 Å². The van der Waals surface area contributed by atoms with Crippen LogP contribution in [0.5, 0.6) is 0 Å². The molecule has 0 aromatic heterocycles. The summed E-state index contributed by atoms with van der Waals surface area (Å²) in [6.07, 6.45) is 0.364. The van der Waals surface area contributed by atoms with E-state index in [-0.39, 0.29) is 6.42 Å². The lowest BCUT2D eigenvalue weighted by Gasteiger charge is -2.09. The number of halogens is 1. The molecular weight excluding hydrogens is 240 g/mol. The summed E-state index contributed by atoms with van der Waals surface area (Å²) in [5.41, 5.74) is 1.67. The second-order valence-electron chi connectivity index (χ2n) is 3.43. The zero-order valence-corrected chi connectivity index (χ0v) is 9.79. The molecule has 1 rings (SSSR count). The molecule has 0 atom stereocenters. The van der Waals surface area contributed by atoms with Gasteiger partial charge in [-0.25, -0.2) is 0 Å². The van der Waals surface area contributed by atoms with Gasteiger partial charge < -0.3 is 10.4 Å². The molecule has 0 heterocycles. The fourth-order valence-corrected chi connectivity index (χ4v) is 1.43. The summed E-state index contributed by atoms with van der Waals surface area (Å²) in [5, 5.41) is 20.5. The van der Waals surface area contributed by atoms with Crippen molar-refractivity contribution in [3.05, 3.63) is 41.1 Å². The highest BCUT2D eigenvalue weighted by atomic mass is 35.5. The van der Waals surface area contributed by atoms with E-state index in [9.17, 15) is 4.79 Å². The van der Waals surface area contributed by atoms with E-state index in [2.05, 4.69) is 11.9 Å². The molecular formula is C12H11ClN2O2. The Morgan fingerprint density at radius 1 is 1.53 bits per heavy atom. The first-order valence-electron chi connectivity index (χ1n) is 4.89. The van der Waals surface area contributed by atoms with Gasteiger partial charge in [0.1, 0.15) is 6.07 Å². The first kappa shape index (κ1) is 13.1. The van der Waals surface area contributed by atoms with Gasteiger partial charge in [0.15, 0.2) is 0 Å². The van der Waals surface area contributed by atoms with Crippen LogP contribution in [0.2, 0.25) is 5.02 Å². The highest BCUT2D eigenvalue weighted by Crippen LogP contribution is 2.21. The first-order valence-corrected chi connectivity index (χ1v) is 5.27. The number of carboxylic acid groups (broad SMARTS) is 1. The smallest absolute Gasteiger partial charge is 0.303 e. The van der Waals surface area contributed by atoms with Gasteiger partial charge in [-0.2, -0.15) is 5.26 Å². The molecule has 0 saturated carbocycles. The van der Waals surface area contributed by atoms with Crippen LogP contribution < -0.4 is 5.32 Å². The average Bonchev–Trinajstić information content (AvgIpc) is 2.26. The maximum atomic E-state index is 10.4. The number of nitrogens with one attached hydrogen (secondary N) is 1. The summed E-state index contributed by atoms with van der Waals surface area (Å²) < 4.78 is 0. The topological polar surface area (TPSA) is 73.1 Å². The van der Waals surface area contributed by atoms with Crippen molar-refractivity contribution in [1.29, 1.82) is 5.26 Å². The molecule has 0 spiro atoms. The molecule has 0 aliphatic heterocycles. The minimum Gasteiger partial charge on any atom is -0.481 e. The highest BCUT2D eigenvalue weighted by molar-refractivity contribution is 6.32. The zero-order chi connectivity index (χ0) is 12.8. The van der Waals surface area contributed by atoms with E-state index in [0.29, 0.717) is 28.4 Å². The Hall–Kier alpha value is -1.99. The Morgan fingerprint density at radius 2 is 2.24 bits per heavy atom. The van der Waals surface area contributed by atoms with Gasteiger partial charge >= 0.3 is 5.97 Å². The fourth-order valence-electron chi connectivity index (χ4n) is 1.21. The molecule has 2 N–H and O–H groups in total.